The Balaban J connectivity index is 1.76. The van der Waals surface area contributed by atoms with Crippen LogP contribution in [0.15, 0.2) is 36.4 Å². The predicted molar refractivity (Wildman–Crippen MR) is 102 cm³/mol. The van der Waals surface area contributed by atoms with E-state index >= 15 is 0 Å². The van der Waals surface area contributed by atoms with Gasteiger partial charge in [-0.05, 0) is 56.6 Å². The second-order valence-corrected chi connectivity index (χ2v) is 7.26. The fourth-order valence-corrected chi connectivity index (χ4v) is 3.69. The third-order valence-corrected chi connectivity index (χ3v) is 5.35. The van der Waals surface area contributed by atoms with Crippen LogP contribution in [-0.2, 0) is 4.74 Å². The van der Waals surface area contributed by atoms with E-state index in [9.17, 15) is 9.50 Å². The Hall–Kier alpha value is -2.44. The number of aromatic nitrogens is 2. The van der Waals surface area contributed by atoms with Crippen molar-refractivity contribution >= 4 is 11.0 Å². The molecule has 1 aliphatic heterocycles. The van der Waals surface area contributed by atoms with E-state index in [2.05, 4.69) is 21.9 Å². The average molecular weight is 369 g/mol. The molecule has 1 saturated heterocycles. The van der Waals surface area contributed by atoms with Crippen LogP contribution in [0.4, 0.5) is 4.39 Å². The van der Waals surface area contributed by atoms with Gasteiger partial charge in [0.05, 0.1) is 17.1 Å². The SMILES string of the molecule is Cc1c(O)ccc(F)c1C(OC1CCN(C)CC1)c1nc2ccccc2[nH]1. The van der Waals surface area contributed by atoms with Crippen LogP contribution < -0.4 is 0 Å². The lowest BCUT2D eigenvalue weighted by Gasteiger charge is -2.32. The van der Waals surface area contributed by atoms with Crippen molar-refractivity contribution in [3.8, 4) is 5.75 Å². The van der Waals surface area contributed by atoms with E-state index < -0.39 is 11.9 Å². The molecule has 0 bridgehead atoms. The molecule has 4 rings (SSSR count). The minimum absolute atomic E-state index is 0.0144. The number of hydrogen-bond donors (Lipinski definition) is 2. The monoisotopic (exact) mass is 369 g/mol. The number of nitrogens with zero attached hydrogens (tertiary/aromatic N) is 2. The van der Waals surface area contributed by atoms with Gasteiger partial charge in [-0.2, -0.15) is 0 Å². The van der Waals surface area contributed by atoms with Gasteiger partial charge in [-0.3, -0.25) is 0 Å². The number of likely N-dealkylation sites (tertiary alicyclic amines) is 1. The lowest BCUT2D eigenvalue weighted by Crippen LogP contribution is -2.35. The fourth-order valence-electron chi connectivity index (χ4n) is 3.69. The molecule has 142 valence electrons. The summed E-state index contributed by atoms with van der Waals surface area (Å²) in [5.41, 5.74) is 2.51. The van der Waals surface area contributed by atoms with Gasteiger partial charge in [0.1, 0.15) is 23.5 Å². The number of phenols is 1. The van der Waals surface area contributed by atoms with E-state index in [-0.39, 0.29) is 11.9 Å². The molecule has 2 N–H and O–H groups in total. The smallest absolute Gasteiger partial charge is 0.144 e. The van der Waals surface area contributed by atoms with Crippen molar-refractivity contribution in [2.45, 2.75) is 32.0 Å². The van der Waals surface area contributed by atoms with Crippen LogP contribution >= 0.6 is 0 Å². The topological polar surface area (TPSA) is 61.4 Å². The maximum absolute atomic E-state index is 14.8. The van der Waals surface area contributed by atoms with Gasteiger partial charge < -0.3 is 19.7 Å². The quantitative estimate of drug-likeness (QED) is 0.732. The number of halogens is 1. The standard InChI is InChI=1S/C21H24FN3O2/c1-13-18(26)8-7-15(22)19(13)20(27-14-9-11-25(2)12-10-14)21-23-16-5-3-4-6-17(16)24-21/h3-8,14,20,26H,9-12H2,1-2H3,(H,23,24). The summed E-state index contributed by atoms with van der Waals surface area (Å²) in [5.74, 6) is 0.214. The number of rotatable bonds is 4. The summed E-state index contributed by atoms with van der Waals surface area (Å²) in [6.07, 6.45) is 1.08. The highest BCUT2D eigenvalue weighted by molar-refractivity contribution is 5.75. The van der Waals surface area contributed by atoms with Gasteiger partial charge in [0, 0.05) is 18.7 Å². The molecule has 0 radical (unpaired) electrons. The van der Waals surface area contributed by atoms with E-state index in [1.165, 1.54) is 12.1 Å². The molecule has 0 saturated carbocycles. The predicted octanol–water partition coefficient (Wildman–Crippen LogP) is 3.92. The van der Waals surface area contributed by atoms with Crippen molar-refractivity contribution in [3.05, 3.63) is 59.2 Å². The largest absolute Gasteiger partial charge is 0.508 e. The number of aromatic hydroxyl groups is 1. The maximum atomic E-state index is 14.8. The van der Waals surface area contributed by atoms with Gasteiger partial charge in [-0.1, -0.05) is 12.1 Å². The number of benzene rings is 2. The zero-order valence-corrected chi connectivity index (χ0v) is 15.6. The second kappa shape index (κ2) is 7.29. The first-order valence-electron chi connectivity index (χ1n) is 9.29. The van der Waals surface area contributed by atoms with Crippen molar-refractivity contribution in [1.29, 1.82) is 0 Å². The Morgan fingerprint density at radius 3 is 2.70 bits per heavy atom. The minimum atomic E-state index is -0.696. The number of nitrogens with one attached hydrogen (secondary N) is 1. The van der Waals surface area contributed by atoms with Crippen LogP contribution in [0.3, 0.4) is 0 Å². The molecule has 6 heteroatoms. The summed E-state index contributed by atoms with van der Waals surface area (Å²) in [6, 6.07) is 10.3. The van der Waals surface area contributed by atoms with E-state index in [0.29, 0.717) is 17.0 Å². The van der Waals surface area contributed by atoms with Crippen LogP contribution in [0.25, 0.3) is 11.0 Å². The average Bonchev–Trinajstić information content (AvgIpc) is 3.10. The van der Waals surface area contributed by atoms with Gasteiger partial charge in [-0.25, -0.2) is 9.37 Å². The number of aromatic amines is 1. The summed E-state index contributed by atoms with van der Waals surface area (Å²) in [4.78, 5) is 10.2. The maximum Gasteiger partial charge on any atom is 0.144 e. The Morgan fingerprint density at radius 2 is 1.96 bits per heavy atom. The fraction of sp³-hybridized carbons (Fsp3) is 0.381. The molecule has 1 fully saturated rings. The van der Waals surface area contributed by atoms with Gasteiger partial charge in [0.2, 0.25) is 0 Å². The molecule has 27 heavy (non-hydrogen) atoms. The highest BCUT2D eigenvalue weighted by Gasteiger charge is 2.29. The summed E-state index contributed by atoms with van der Waals surface area (Å²) in [5, 5.41) is 10.1. The molecule has 1 aliphatic rings. The molecule has 1 unspecified atom stereocenters. The first-order chi connectivity index (χ1) is 13.0. The van der Waals surface area contributed by atoms with Crippen LogP contribution in [0.5, 0.6) is 5.75 Å². The van der Waals surface area contributed by atoms with Crippen molar-refractivity contribution in [2.24, 2.45) is 0 Å². The summed E-state index contributed by atoms with van der Waals surface area (Å²) >= 11 is 0. The highest BCUT2D eigenvalue weighted by Crippen LogP contribution is 2.36. The number of phenolic OH excluding ortho intramolecular Hbond substituents is 1. The van der Waals surface area contributed by atoms with Crippen molar-refractivity contribution in [2.75, 3.05) is 20.1 Å². The van der Waals surface area contributed by atoms with E-state index in [1.807, 2.05) is 24.3 Å². The zero-order chi connectivity index (χ0) is 19.0. The number of H-pyrrole nitrogens is 1. The second-order valence-electron chi connectivity index (χ2n) is 7.26. The zero-order valence-electron chi connectivity index (χ0n) is 15.6. The molecule has 0 amide bonds. The molecule has 0 aliphatic carbocycles. The van der Waals surface area contributed by atoms with Crippen molar-refractivity contribution in [3.63, 3.8) is 0 Å². The number of hydrogen-bond acceptors (Lipinski definition) is 4. The van der Waals surface area contributed by atoms with Crippen LogP contribution in [0.1, 0.15) is 35.9 Å². The molecular formula is C21H24FN3O2. The Labute approximate surface area is 157 Å². The molecular weight excluding hydrogens is 345 g/mol. The minimum Gasteiger partial charge on any atom is -0.508 e. The molecule has 1 atom stereocenters. The molecule has 5 nitrogen and oxygen atoms in total. The molecule has 1 aromatic heterocycles. The van der Waals surface area contributed by atoms with Crippen LogP contribution in [-0.4, -0.2) is 46.2 Å². The van der Waals surface area contributed by atoms with Gasteiger partial charge in [0.15, 0.2) is 0 Å². The normalized spacial score (nSPS) is 17.4. The van der Waals surface area contributed by atoms with E-state index in [4.69, 9.17) is 4.74 Å². The van der Waals surface area contributed by atoms with Gasteiger partial charge >= 0.3 is 0 Å². The Morgan fingerprint density at radius 1 is 1.22 bits per heavy atom. The molecule has 2 aromatic carbocycles. The summed E-state index contributed by atoms with van der Waals surface area (Å²) in [6.45, 7) is 3.60. The third kappa shape index (κ3) is 3.55. The number of fused-ring (bicyclic) bond motifs is 1. The summed E-state index contributed by atoms with van der Waals surface area (Å²) < 4.78 is 21.2. The van der Waals surface area contributed by atoms with E-state index in [0.717, 1.165) is 37.0 Å². The highest BCUT2D eigenvalue weighted by atomic mass is 19.1. The van der Waals surface area contributed by atoms with Crippen LogP contribution in [0, 0.1) is 12.7 Å². The first-order valence-corrected chi connectivity index (χ1v) is 9.29. The van der Waals surface area contributed by atoms with Crippen LogP contribution in [0.2, 0.25) is 0 Å². The third-order valence-electron chi connectivity index (χ3n) is 5.35. The number of imidazole rings is 1. The summed E-state index contributed by atoms with van der Waals surface area (Å²) in [7, 11) is 2.09. The van der Waals surface area contributed by atoms with E-state index in [1.54, 1.807) is 6.92 Å². The van der Waals surface area contributed by atoms with Gasteiger partial charge in [0.25, 0.3) is 0 Å². The number of ether oxygens (including phenoxy) is 1. The number of piperidine rings is 1. The lowest BCUT2D eigenvalue weighted by atomic mass is 10.00. The lowest BCUT2D eigenvalue weighted by molar-refractivity contribution is -0.0279. The first kappa shape index (κ1) is 17.9. The van der Waals surface area contributed by atoms with Gasteiger partial charge in [-0.15, -0.1) is 0 Å². The molecule has 2 heterocycles. The van der Waals surface area contributed by atoms with Crippen molar-refractivity contribution < 1.29 is 14.2 Å². The molecule has 3 aromatic rings. The number of para-hydroxylation sites is 2. The Bertz CT molecular complexity index is 915. The molecule has 0 spiro atoms. The van der Waals surface area contributed by atoms with Crippen molar-refractivity contribution in [1.82, 2.24) is 14.9 Å². The Kier molecular flexibility index (Phi) is 4.85.